The highest BCUT2D eigenvalue weighted by atomic mass is 35.5. The lowest BCUT2D eigenvalue weighted by atomic mass is 10.0. The lowest BCUT2D eigenvalue weighted by Crippen LogP contribution is -1.98. The van der Waals surface area contributed by atoms with Gasteiger partial charge in [-0.15, -0.1) is 0 Å². The number of halogens is 3. The maximum Gasteiger partial charge on any atom is 0.266 e. The molecule has 1 aromatic carbocycles. The second-order valence-electron chi connectivity index (χ2n) is 2.89. The van der Waals surface area contributed by atoms with E-state index < -0.39 is 12.0 Å². The Labute approximate surface area is 90.1 Å². The third-order valence-electron chi connectivity index (χ3n) is 1.87. The second-order valence-corrected chi connectivity index (χ2v) is 3.30. The molecular weight excluding hydrogens is 224 g/mol. The maximum atomic E-state index is 12.5. The molecule has 0 aliphatic rings. The summed E-state index contributed by atoms with van der Waals surface area (Å²) in [4.78, 5) is 11.0. The number of nitriles is 1. The fourth-order valence-electron chi connectivity index (χ4n) is 1.14. The van der Waals surface area contributed by atoms with E-state index in [0.29, 0.717) is 0 Å². The Kier molecular flexibility index (Phi) is 3.38. The highest BCUT2D eigenvalue weighted by molar-refractivity contribution is 6.32. The SMILES string of the molecule is CC(=O)c1cc(Cl)c(C(F)F)c(C#N)c1. The van der Waals surface area contributed by atoms with Crippen molar-refractivity contribution in [3.05, 3.63) is 33.8 Å². The highest BCUT2D eigenvalue weighted by Crippen LogP contribution is 2.31. The van der Waals surface area contributed by atoms with Crippen molar-refractivity contribution in [2.24, 2.45) is 0 Å². The largest absolute Gasteiger partial charge is 0.295 e. The van der Waals surface area contributed by atoms with Crippen LogP contribution in [-0.2, 0) is 0 Å². The Hall–Kier alpha value is -1.47. The zero-order chi connectivity index (χ0) is 11.6. The number of rotatable bonds is 2. The van der Waals surface area contributed by atoms with E-state index in [0.717, 1.165) is 12.1 Å². The van der Waals surface area contributed by atoms with Crippen LogP contribution in [0.25, 0.3) is 0 Å². The van der Waals surface area contributed by atoms with Gasteiger partial charge in [-0.1, -0.05) is 11.6 Å². The normalized spacial score (nSPS) is 10.1. The number of benzene rings is 1. The lowest BCUT2D eigenvalue weighted by Gasteiger charge is -2.07. The molecule has 0 radical (unpaired) electrons. The van der Waals surface area contributed by atoms with Crippen molar-refractivity contribution in [1.82, 2.24) is 0 Å². The standard InChI is InChI=1S/C10H6ClF2NO/c1-5(15)6-2-7(4-14)9(10(12)13)8(11)3-6/h2-3,10H,1H3. The van der Waals surface area contributed by atoms with Crippen molar-refractivity contribution in [1.29, 1.82) is 5.26 Å². The van der Waals surface area contributed by atoms with Gasteiger partial charge in [0.25, 0.3) is 6.43 Å². The molecule has 5 heteroatoms. The first-order valence-corrected chi connectivity index (χ1v) is 4.37. The van der Waals surface area contributed by atoms with E-state index in [9.17, 15) is 13.6 Å². The zero-order valence-electron chi connectivity index (χ0n) is 7.72. The number of carbonyl (C=O) groups excluding carboxylic acids is 1. The van der Waals surface area contributed by atoms with Crippen LogP contribution >= 0.6 is 11.6 Å². The van der Waals surface area contributed by atoms with Gasteiger partial charge in [0.05, 0.1) is 22.2 Å². The van der Waals surface area contributed by atoms with Crippen molar-refractivity contribution >= 4 is 17.4 Å². The van der Waals surface area contributed by atoms with E-state index in [1.165, 1.54) is 6.92 Å². The van der Waals surface area contributed by atoms with Gasteiger partial charge in [0.1, 0.15) is 0 Å². The molecule has 0 aliphatic carbocycles. The van der Waals surface area contributed by atoms with Crippen LogP contribution in [0.15, 0.2) is 12.1 Å². The molecule has 78 valence electrons. The summed E-state index contributed by atoms with van der Waals surface area (Å²) in [6, 6.07) is 3.86. The Morgan fingerprint density at radius 3 is 2.53 bits per heavy atom. The predicted octanol–water partition coefficient (Wildman–Crippen LogP) is 3.35. The summed E-state index contributed by atoms with van der Waals surface area (Å²) < 4.78 is 25.0. The monoisotopic (exact) mass is 229 g/mol. The van der Waals surface area contributed by atoms with E-state index in [-0.39, 0.29) is 21.9 Å². The Balaban J connectivity index is 3.46. The van der Waals surface area contributed by atoms with E-state index in [4.69, 9.17) is 16.9 Å². The Morgan fingerprint density at radius 2 is 2.13 bits per heavy atom. The zero-order valence-corrected chi connectivity index (χ0v) is 8.48. The molecule has 0 bridgehead atoms. The van der Waals surface area contributed by atoms with Gasteiger partial charge in [-0.3, -0.25) is 4.79 Å². The number of hydrogen-bond donors (Lipinski definition) is 0. The molecule has 0 fully saturated rings. The molecule has 0 spiro atoms. The van der Waals surface area contributed by atoms with Crippen LogP contribution in [0.1, 0.15) is 34.8 Å². The van der Waals surface area contributed by atoms with E-state index in [2.05, 4.69) is 0 Å². The fraction of sp³-hybridized carbons (Fsp3) is 0.200. The first kappa shape index (κ1) is 11.6. The number of ketones is 1. The molecule has 2 nitrogen and oxygen atoms in total. The third kappa shape index (κ3) is 2.31. The fourth-order valence-corrected chi connectivity index (χ4v) is 1.44. The van der Waals surface area contributed by atoms with E-state index >= 15 is 0 Å². The number of hydrogen-bond acceptors (Lipinski definition) is 2. The molecule has 0 atom stereocenters. The minimum Gasteiger partial charge on any atom is -0.295 e. The summed E-state index contributed by atoms with van der Waals surface area (Å²) in [6.45, 7) is 1.27. The summed E-state index contributed by atoms with van der Waals surface area (Å²) in [6.07, 6.45) is -2.83. The quantitative estimate of drug-likeness (QED) is 0.730. The van der Waals surface area contributed by atoms with Gasteiger partial charge in [0.2, 0.25) is 0 Å². The molecule has 0 amide bonds. The number of nitrogens with zero attached hydrogens (tertiary/aromatic N) is 1. The molecule has 0 aliphatic heterocycles. The average Bonchev–Trinajstić information content (AvgIpc) is 2.15. The summed E-state index contributed by atoms with van der Waals surface area (Å²) in [5.74, 6) is -0.325. The average molecular weight is 230 g/mol. The van der Waals surface area contributed by atoms with Crippen LogP contribution in [0.5, 0.6) is 0 Å². The van der Waals surface area contributed by atoms with E-state index in [1.807, 2.05) is 0 Å². The van der Waals surface area contributed by atoms with Crippen LogP contribution < -0.4 is 0 Å². The van der Waals surface area contributed by atoms with Crippen LogP contribution in [0, 0.1) is 11.3 Å². The van der Waals surface area contributed by atoms with Gasteiger partial charge in [0.15, 0.2) is 5.78 Å². The lowest BCUT2D eigenvalue weighted by molar-refractivity contribution is 0.101. The van der Waals surface area contributed by atoms with Gasteiger partial charge in [-0.05, 0) is 19.1 Å². The van der Waals surface area contributed by atoms with Crippen molar-refractivity contribution in [2.75, 3.05) is 0 Å². The van der Waals surface area contributed by atoms with Crippen LogP contribution in [0.3, 0.4) is 0 Å². The first-order chi connectivity index (χ1) is 6.97. The van der Waals surface area contributed by atoms with Crippen molar-refractivity contribution in [2.45, 2.75) is 13.3 Å². The smallest absolute Gasteiger partial charge is 0.266 e. The summed E-state index contributed by atoms with van der Waals surface area (Å²) in [5.41, 5.74) is -0.632. The van der Waals surface area contributed by atoms with Crippen LogP contribution in [0.2, 0.25) is 5.02 Å². The third-order valence-corrected chi connectivity index (χ3v) is 2.19. The molecule has 1 rings (SSSR count). The van der Waals surface area contributed by atoms with Crippen LogP contribution in [-0.4, -0.2) is 5.78 Å². The molecule has 0 heterocycles. The van der Waals surface area contributed by atoms with Crippen molar-refractivity contribution in [3.8, 4) is 6.07 Å². The molecule has 15 heavy (non-hydrogen) atoms. The molecule has 0 N–H and O–H groups in total. The number of alkyl halides is 2. The molecule has 0 unspecified atom stereocenters. The van der Waals surface area contributed by atoms with Crippen molar-refractivity contribution in [3.63, 3.8) is 0 Å². The summed E-state index contributed by atoms with van der Waals surface area (Å²) in [7, 11) is 0. The number of carbonyl (C=O) groups is 1. The first-order valence-electron chi connectivity index (χ1n) is 4.00. The number of Topliss-reactive ketones (excluding diaryl/α,β-unsaturated/α-hetero) is 1. The minimum atomic E-state index is -2.83. The van der Waals surface area contributed by atoms with Gasteiger partial charge in [-0.2, -0.15) is 5.26 Å². The van der Waals surface area contributed by atoms with Gasteiger partial charge >= 0.3 is 0 Å². The second kappa shape index (κ2) is 4.37. The highest BCUT2D eigenvalue weighted by Gasteiger charge is 2.19. The molecule has 0 saturated heterocycles. The predicted molar refractivity (Wildman–Crippen MR) is 51.1 cm³/mol. The topological polar surface area (TPSA) is 40.9 Å². The minimum absolute atomic E-state index is 0.154. The summed E-state index contributed by atoms with van der Waals surface area (Å²) >= 11 is 5.57. The van der Waals surface area contributed by atoms with Crippen LogP contribution in [0.4, 0.5) is 8.78 Å². The Morgan fingerprint density at radius 1 is 1.53 bits per heavy atom. The van der Waals surface area contributed by atoms with Gasteiger partial charge < -0.3 is 0 Å². The summed E-state index contributed by atoms with van der Waals surface area (Å²) in [5, 5.41) is 8.39. The van der Waals surface area contributed by atoms with Crippen molar-refractivity contribution < 1.29 is 13.6 Å². The van der Waals surface area contributed by atoms with Gasteiger partial charge in [-0.25, -0.2) is 8.78 Å². The molecule has 0 saturated carbocycles. The molecular formula is C10H6ClF2NO. The molecule has 1 aromatic rings. The van der Waals surface area contributed by atoms with E-state index in [1.54, 1.807) is 6.07 Å². The Bertz CT molecular complexity index is 451. The van der Waals surface area contributed by atoms with Gasteiger partial charge in [0, 0.05) is 5.56 Å². The molecule has 0 aromatic heterocycles. The maximum absolute atomic E-state index is 12.5.